The zero-order valence-corrected chi connectivity index (χ0v) is 13.6. The average Bonchev–Trinajstić information content (AvgIpc) is 2.60. The number of aryl methyl sites for hydroxylation is 1. The van der Waals surface area contributed by atoms with Gasteiger partial charge in [0.05, 0.1) is 6.42 Å². The molecule has 5 heteroatoms. The third-order valence-corrected chi connectivity index (χ3v) is 3.65. The lowest BCUT2D eigenvalue weighted by Gasteiger charge is -2.18. The molecule has 1 aliphatic heterocycles. The second-order valence-corrected chi connectivity index (χ2v) is 5.49. The quantitative estimate of drug-likeness (QED) is 0.603. The summed E-state index contributed by atoms with van der Waals surface area (Å²) in [5, 5.41) is 0. The first-order chi connectivity index (χ1) is 11.7. The van der Waals surface area contributed by atoms with Crippen LogP contribution in [0.1, 0.15) is 11.1 Å². The Morgan fingerprint density at radius 2 is 1.83 bits per heavy atom. The third kappa shape index (κ3) is 4.19. The van der Waals surface area contributed by atoms with Gasteiger partial charge >= 0.3 is 5.97 Å². The highest BCUT2D eigenvalue weighted by molar-refractivity contribution is 5.73. The first kappa shape index (κ1) is 16.2. The zero-order chi connectivity index (χ0) is 16.8. The fraction of sp³-hybridized carbons (Fsp3) is 0.316. The number of rotatable bonds is 6. The van der Waals surface area contributed by atoms with E-state index in [9.17, 15) is 4.79 Å². The van der Waals surface area contributed by atoms with Crippen molar-refractivity contribution in [3.63, 3.8) is 0 Å². The molecule has 1 heterocycles. The molecular weight excluding hydrogens is 308 g/mol. The first-order valence-electron chi connectivity index (χ1n) is 7.95. The molecule has 1 aliphatic rings. The van der Waals surface area contributed by atoms with Gasteiger partial charge in [-0.3, -0.25) is 4.79 Å². The molecule has 0 unspecified atom stereocenters. The summed E-state index contributed by atoms with van der Waals surface area (Å²) in [6.07, 6.45) is 0.195. The maximum absolute atomic E-state index is 11.9. The van der Waals surface area contributed by atoms with Gasteiger partial charge in [0.15, 0.2) is 11.5 Å². The standard InChI is InChI=1S/C19H20O5/c1-14-4-2-3-5-16(14)21-10-11-24-19(20)13-15-6-7-17-18(12-15)23-9-8-22-17/h2-7,12H,8-11,13H2,1H3. The number of fused-ring (bicyclic) bond motifs is 1. The van der Waals surface area contributed by atoms with Crippen molar-refractivity contribution >= 4 is 5.97 Å². The summed E-state index contributed by atoms with van der Waals surface area (Å²) in [6.45, 7) is 3.60. The minimum atomic E-state index is -0.292. The van der Waals surface area contributed by atoms with Crippen molar-refractivity contribution in [3.05, 3.63) is 53.6 Å². The normalized spacial score (nSPS) is 12.5. The molecule has 0 aromatic heterocycles. The summed E-state index contributed by atoms with van der Waals surface area (Å²) in [4.78, 5) is 11.9. The lowest BCUT2D eigenvalue weighted by Crippen LogP contribution is -2.16. The van der Waals surface area contributed by atoms with E-state index in [1.54, 1.807) is 0 Å². The van der Waals surface area contributed by atoms with E-state index >= 15 is 0 Å². The molecule has 0 fully saturated rings. The molecule has 0 aliphatic carbocycles. The van der Waals surface area contributed by atoms with Gasteiger partial charge in [0.1, 0.15) is 32.2 Å². The highest BCUT2D eigenvalue weighted by Crippen LogP contribution is 2.30. The van der Waals surface area contributed by atoms with Gasteiger partial charge in [-0.2, -0.15) is 0 Å². The molecule has 0 atom stereocenters. The van der Waals surface area contributed by atoms with Crippen LogP contribution in [0.2, 0.25) is 0 Å². The van der Waals surface area contributed by atoms with Crippen LogP contribution in [-0.2, 0) is 16.0 Å². The second kappa shape index (κ2) is 7.73. The summed E-state index contributed by atoms with van der Waals surface area (Å²) in [6, 6.07) is 13.2. The number of benzene rings is 2. The van der Waals surface area contributed by atoms with E-state index in [1.807, 2.05) is 49.4 Å². The average molecular weight is 328 g/mol. The molecule has 0 saturated heterocycles. The maximum Gasteiger partial charge on any atom is 0.310 e. The van der Waals surface area contributed by atoms with Gasteiger partial charge in [0.2, 0.25) is 0 Å². The van der Waals surface area contributed by atoms with Crippen LogP contribution in [0.4, 0.5) is 0 Å². The Kier molecular flexibility index (Phi) is 5.21. The lowest BCUT2D eigenvalue weighted by molar-refractivity contribution is -0.143. The van der Waals surface area contributed by atoms with Crippen LogP contribution in [0.5, 0.6) is 17.2 Å². The number of hydrogen-bond donors (Lipinski definition) is 0. The van der Waals surface area contributed by atoms with Crippen LogP contribution < -0.4 is 14.2 Å². The van der Waals surface area contributed by atoms with Gasteiger partial charge in [0, 0.05) is 0 Å². The molecule has 0 radical (unpaired) electrons. The first-order valence-corrected chi connectivity index (χ1v) is 7.95. The van der Waals surface area contributed by atoms with Crippen LogP contribution in [0, 0.1) is 6.92 Å². The molecular formula is C19H20O5. The molecule has 0 N–H and O–H groups in total. The van der Waals surface area contributed by atoms with E-state index in [0.29, 0.717) is 31.3 Å². The van der Waals surface area contributed by atoms with E-state index in [1.165, 1.54) is 0 Å². The topological polar surface area (TPSA) is 54.0 Å². The highest BCUT2D eigenvalue weighted by Gasteiger charge is 2.13. The van der Waals surface area contributed by atoms with E-state index < -0.39 is 0 Å². The maximum atomic E-state index is 11.9. The van der Waals surface area contributed by atoms with Gasteiger partial charge in [-0.15, -0.1) is 0 Å². The van der Waals surface area contributed by atoms with Gasteiger partial charge in [-0.25, -0.2) is 0 Å². The van der Waals surface area contributed by atoms with Crippen molar-refractivity contribution in [2.75, 3.05) is 26.4 Å². The van der Waals surface area contributed by atoms with E-state index in [-0.39, 0.29) is 19.0 Å². The zero-order valence-electron chi connectivity index (χ0n) is 13.6. The van der Waals surface area contributed by atoms with Gasteiger partial charge in [-0.1, -0.05) is 24.3 Å². The summed E-state index contributed by atoms with van der Waals surface area (Å²) in [5.41, 5.74) is 1.89. The monoisotopic (exact) mass is 328 g/mol. The molecule has 126 valence electrons. The number of para-hydroxylation sites is 1. The van der Waals surface area contributed by atoms with Crippen LogP contribution >= 0.6 is 0 Å². The Balaban J connectivity index is 1.43. The number of hydrogen-bond acceptors (Lipinski definition) is 5. The third-order valence-electron chi connectivity index (χ3n) is 3.65. The largest absolute Gasteiger partial charge is 0.490 e. The molecule has 3 rings (SSSR count). The number of esters is 1. The van der Waals surface area contributed by atoms with Crippen molar-refractivity contribution in [2.24, 2.45) is 0 Å². The lowest BCUT2D eigenvalue weighted by atomic mass is 10.1. The summed E-state index contributed by atoms with van der Waals surface area (Å²) in [5.74, 6) is 1.90. The molecule has 2 aromatic carbocycles. The van der Waals surface area contributed by atoms with E-state index in [0.717, 1.165) is 16.9 Å². The van der Waals surface area contributed by atoms with Crippen LogP contribution in [-0.4, -0.2) is 32.4 Å². The molecule has 0 spiro atoms. The van der Waals surface area contributed by atoms with Crippen molar-refractivity contribution in [3.8, 4) is 17.2 Å². The SMILES string of the molecule is Cc1ccccc1OCCOC(=O)Cc1ccc2c(c1)OCCO2. The molecule has 0 saturated carbocycles. The number of carbonyl (C=O) groups is 1. The van der Waals surface area contributed by atoms with Crippen molar-refractivity contribution in [1.29, 1.82) is 0 Å². The highest BCUT2D eigenvalue weighted by atomic mass is 16.6. The minimum absolute atomic E-state index is 0.195. The van der Waals surface area contributed by atoms with Crippen LogP contribution in [0.15, 0.2) is 42.5 Å². The van der Waals surface area contributed by atoms with E-state index in [2.05, 4.69) is 0 Å². The minimum Gasteiger partial charge on any atom is -0.490 e. The predicted octanol–water partition coefficient (Wildman–Crippen LogP) is 2.93. The summed E-state index contributed by atoms with van der Waals surface area (Å²) in [7, 11) is 0. The number of ether oxygens (including phenoxy) is 4. The fourth-order valence-electron chi connectivity index (χ4n) is 2.44. The molecule has 24 heavy (non-hydrogen) atoms. The Labute approximate surface area is 141 Å². The van der Waals surface area contributed by atoms with Crippen molar-refractivity contribution < 1.29 is 23.7 Å². The molecule has 0 amide bonds. The van der Waals surface area contributed by atoms with Gasteiger partial charge in [-0.05, 0) is 36.2 Å². The number of carbonyl (C=O) groups excluding carboxylic acids is 1. The fourth-order valence-corrected chi connectivity index (χ4v) is 2.44. The summed E-state index contributed by atoms with van der Waals surface area (Å²) < 4.78 is 21.8. The van der Waals surface area contributed by atoms with Crippen molar-refractivity contribution in [2.45, 2.75) is 13.3 Å². The summed E-state index contributed by atoms with van der Waals surface area (Å²) >= 11 is 0. The smallest absolute Gasteiger partial charge is 0.310 e. The van der Waals surface area contributed by atoms with Crippen LogP contribution in [0.3, 0.4) is 0 Å². The molecule has 0 bridgehead atoms. The molecule has 5 nitrogen and oxygen atoms in total. The van der Waals surface area contributed by atoms with Gasteiger partial charge in [0.25, 0.3) is 0 Å². The van der Waals surface area contributed by atoms with Crippen LogP contribution in [0.25, 0.3) is 0 Å². The Bertz CT molecular complexity index is 711. The van der Waals surface area contributed by atoms with Gasteiger partial charge < -0.3 is 18.9 Å². The van der Waals surface area contributed by atoms with Crippen molar-refractivity contribution in [1.82, 2.24) is 0 Å². The predicted molar refractivity (Wildman–Crippen MR) is 88.8 cm³/mol. The second-order valence-electron chi connectivity index (χ2n) is 5.49. The van der Waals surface area contributed by atoms with E-state index in [4.69, 9.17) is 18.9 Å². The Morgan fingerprint density at radius 3 is 2.67 bits per heavy atom. The molecule has 2 aromatic rings. The Hall–Kier alpha value is -2.69. The Morgan fingerprint density at radius 1 is 1.04 bits per heavy atom.